The zero-order chi connectivity index (χ0) is 19.9. The molecule has 0 fully saturated rings. The Morgan fingerprint density at radius 3 is 2.41 bits per heavy atom. The van der Waals surface area contributed by atoms with Gasteiger partial charge >= 0.3 is 11.7 Å². The van der Waals surface area contributed by atoms with Gasteiger partial charge in [0.15, 0.2) is 0 Å². The number of aromatic amines is 1. The van der Waals surface area contributed by atoms with Crippen molar-refractivity contribution in [3.05, 3.63) is 40.9 Å². The summed E-state index contributed by atoms with van der Waals surface area (Å²) in [6, 6.07) is 7.53. The molecule has 1 unspecified atom stereocenters. The number of fused-ring (bicyclic) bond motifs is 1. The maximum absolute atomic E-state index is 10.8. The summed E-state index contributed by atoms with van der Waals surface area (Å²) < 4.78 is 5.21. The first-order valence-corrected chi connectivity index (χ1v) is 10.2. The van der Waals surface area contributed by atoms with Gasteiger partial charge in [-0.3, -0.25) is 4.79 Å². The van der Waals surface area contributed by atoms with E-state index in [-0.39, 0.29) is 17.8 Å². The summed E-state index contributed by atoms with van der Waals surface area (Å²) in [6.07, 6.45) is 12.9. The van der Waals surface area contributed by atoms with Crippen LogP contribution >= 0.6 is 0 Å². The number of ether oxygens (including phenoxy) is 1. The Labute approximate surface area is 162 Å². The molecule has 150 valence electrons. The molecule has 0 bridgehead atoms. The van der Waals surface area contributed by atoms with Gasteiger partial charge < -0.3 is 9.72 Å². The van der Waals surface area contributed by atoms with Gasteiger partial charge in [0, 0.05) is 18.5 Å². The maximum Gasteiger partial charge on any atom is 0.345 e. The molecule has 1 heterocycles. The Balaban J connectivity index is 0.000000285. The second kappa shape index (κ2) is 14.0. The van der Waals surface area contributed by atoms with Crippen molar-refractivity contribution in [2.75, 3.05) is 0 Å². The molecule has 5 nitrogen and oxygen atoms in total. The average Bonchev–Trinajstić information content (AvgIpc) is 2.66. The lowest BCUT2D eigenvalue weighted by molar-refractivity contribution is -0.146. The number of carbonyl (C=O) groups is 1. The standard InChI is InChI=1S/C14H28O2.C8H6N2O/c1-4-6-7-8-9-10-11-12-14(5-2)16-13(3)15;11-8-9-5-6-3-1-2-4-7(6)10-8/h14H,4-12H2,1-3H3;1-5H,(H,9,10,11). The van der Waals surface area contributed by atoms with Gasteiger partial charge in [0.1, 0.15) is 6.10 Å². The first kappa shape index (κ1) is 22.9. The van der Waals surface area contributed by atoms with Gasteiger partial charge in [-0.2, -0.15) is 0 Å². The molecule has 27 heavy (non-hydrogen) atoms. The predicted octanol–water partition coefficient (Wildman–Crippen LogP) is 5.39. The number of esters is 1. The van der Waals surface area contributed by atoms with Crippen molar-refractivity contribution in [2.45, 2.75) is 84.7 Å². The number of hydrogen-bond donors (Lipinski definition) is 1. The zero-order valence-electron chi connectivity index (χ0n) is 17.0. The van der Waals surface area contributed by atoms with Crippen LogP contribution in [0.4, 0.5) is 0 Å². The lowest BCUT2D eigenvalue weighted by Crippen LogP contribution is -2.14. The molecule has 5 heteroatoms. The molecule has 0 spiro atoms. The van der Waals surface area contributed by atoms with Crippen molar-refractivity contribution >= 4 is 16.9 Å². The second-order valence-corrected chi connectivity index (χ2v) is 6.83. The van der Waals surface area contributed by atoms with Gasteiger partial charge in [0.05, 0.1) is 5.52 Å². The Hall–Kier alpha value is -2.17. The number of unbranched alkanes of at least 4 members (excludes halogenated alkanes) is 6. The van der Waals surface area contributed by atoms with E-state index in [1.807, 2.05) is 24.3 Å². The van der Waals surface area contributed by atoms with Crippen molar-refractivity contribution in [1.29, 1.82) is 0 Å². The number of hydrogen-bond acceptors (Lipinski definition) is 4. The largest absolute Gasteiger partial charge is 0.463 e. The van der Waals surface area contributed by atoms with Crippen LogP contribution in [0.5, 0.6) is 0 Å². The first-order chi connectivity index (χ1) is 13.1. The number of nitrogens with one attached hydrogen (secondary N) is 1. The quantitative estimate of drug-likeness (QED) is 0.447. The summed E-state index contributed by atoms with van der Waals surface area (Å²) in [5, 5.41) is 0.951. The van der Waals surface area contributed by atoms with E-state index in [0.29, 0.717) is 0 Å². The lowest BCUT2D eigenvalue weighted by Gasteiger charge is -2.14. The first-order valence-electron chi connectivity index (χ1n) is 10.2. The number of rotatable bonds is 10. The lowest BCUT2D eigenvalue weighted by atomic mass is 10.1. The van der Waals surface area contributed by atoms with Crippen LogP contribution in [0, 0.1) is 0 Å². The summed E-state index contributed by atoms with van der Waals surface area (Å²) in [5.74, 6) is -0.144. The van der Waals surface area contributed by atoms with E-state index in [2.05, 4.69) is 23.8 Å². The molecule has 1 N–H and O–H groups in total. The third-order valence-electron chi connectivity index (χ3n) is 4.44. The molecule has 0 aliphatic heterocycles. The van der Waals surface area contributed by atoms with E-state index in [4.69, 9.17) is 4.74 Å². The third kappa shape index (κ3) is 10.5. The fourth-order valence-electron chi connectivity index (χ4n) is 2.91. The molecule has 0 aliphatic carbocycles. The number of aromatic nitrogens is 2. The van der Waals surface area contributed by atoms with Gasteiger partial charge in [-0.1, -0.05) is 70.6 Å². The molecule has 1 aromatic carbocycles. The molecule has 1 aromatic heterocycles. The normalized spacial score (nSPS) is 11.5. The van der Waals surface area contributed by atoms with E-state index in [1.54, 1.807) is 6.20 Å². The molecule has 0 saturated carbocycles. The van der Waals surface area contributed by atoms with Gasteiger partial charge in [-0.15, -0.1) is 0 Å². The van der Waals surface area contributed by atoms with Crippen molar-refractivity contribution < 1.29 is 9.53 Å². The van der Waals surface area contributed by atoms with Gasteiger partial charge in [-0.25, -0.2) is 9.78 Å². The fourth-order valence-corrected chi connectivity index (χ4v) is 2.91. The highest BCUT2D eigenvalue weighted by molar-refractivity contribution is 5.76. The second-order valence-electron chi connectivity index (χ2n) is 6.83. The highest BCUT2D eigenvalue weighted by Crippen LogP contribution is 2.13. The number of para-hydroxylation sites is 1. The zero-order valence-corrected chi connectivity index (χ0v) is 17.0. The van der Waals surface area contributed by atoms with Crippen molar-refractivity contribution in [3.63, 3.8) is 0 Å². The van der Waals surface area contributed by atoms with E-state index in [1.165, 1.54) is 51.9 Å². The molecule has 1 atom stereocenters. The molecule has 2 aromatic rings. The van der Waals surface area contributed by atoms with Crippen LogP contribution in [0.25, 0.3) is 10.9 Å². The minimum atomic E-state index is -0.302. The molecule has 0 aliphatic rings. The minimum absolute atomic E-state index is 0.144. The van der Waals surface area contributed by atoms with Crippen molar-refractivity contribution in [2.24, 2.45) is 0 Å². The Morgan fingerprint density at radius 2 is 1.74 bits per heavy atom. The van der Waals surface area contributed by atoms with E-state index in [0.717, 1.165) is 23.7 Å². The summed E-state index contributed by atoms with van der Waals surface area (Å²) >= 11 is 0. The van der Waals surface area contributed by atoms with Gasteiger partial charge in [-0.05, 0) is 25.3 Å². The summed E-state index contributed by atoms with van der Waals surface area (Å²) in [5.41, 5.74) is 0.524. The summed E-state index contributed by atoms with van der Waals surface area (Å²) in [6.45, 7) is 5.81. The SMILES string of the molecule is CCCCCCCCCC(CC)OC(C)=O.O=c1ncc2ccccc2[nH]1. The Kier molecular flexibility index (Phi) is 11.8. The molecule has 0 saturated heterocycles. The van der Waals surface area contributed by atoms with Crippen LogP contribution in [0.15, 0.2) is 35.3 Å². The Morgan fingerprint density at radius 1 is 1.07 bits per heavy atom. The average molecular weight is 375 g/mol. The van der Waals surface area contributed by atoms with Crippen LogP contribution in [-0.2, 0) is 9.53 Å². The van der Waals surface area contributed by atoms with Crippen molar-refractivity contribution in [1.82, 2.24) is 9.97 Å². The van der Waals surface area contributed by atoms with Gasteiger partial charge in [0.2, 0.25) is 0 Å². The van der Waals surface area contributed by atoms with Crippen LogP contribution in [0.2, 0.25) is 0 Å². The summed E-state index contributed by atoms with van der Waals surface area (Å²) in [4.78, 5) is 27.7. The third-order valence-corrected chi connectivity index (χ3v) is 4.44. The number of benzene rings is 1. The summed E-state index contributed by atoms with van der Waals surface area (Å²) in [7, 11) is 0. The van der Waals surface area contributed by atoms with E-state index in [9.17, 15) is 9.59 Å². The topological polar surface area (TPSA) is 72.1 Å². The number of nitrogens with zero attached hydrogens (tertiary/aromatic N) is 1. The van der Waals surface area contributed by atoms with Crippen LogP contribution in [-0.4, -0.2) is 22.0 Å². The maximum atomic E-state index is 10.8. The van der Waals surface area contributed by atoms with Gasteiger partial charge in [0.25, 0.3) is 0 Å². The van der Waals surface area contributed by atoms with E-state index < -0.39 is 0 Å². The molecular formula is C22H34N2O3. The van der Waals surface area contributed by atoms with Crippen molar-refractivity contribution in [3.8, 4) is 0 Å². The molecule has 0 amide bonds. The number of carbonyl (C=O) groups excluding carboxylic acids is 1. The minimum Gasteiger partial charge on any atom is -0.463 e. The Bertz CT molecular complexity index is 712. The molecule has 0 radical (unpaired) electrons. The van der Waals surface area contributed by atoms with Crippen LogP contribution < -0.4 is 5.69 Å². The van der Waals surface area contributed by atoms with Crippen LogP contribution in [0.3, 0.4) is 0 Å². The smallest absolute Gasteiger partial charge is 0.345 e. The molecular weight excluding hydrogens is 340 g/mol. The molecule has 2 rings (SSSR count). The highest BCUT2D eigenvalue weighted by Gasteiger charge is 2.08. The monoisotopic (exact) mass is 374 g/mol. The highest BCUT2D eigenvalue weighted by atomic mass is 16.5. The predicted molar refractivity (Wildman–Crippen MR) is 111 cm³/mol. The number of H-pyrrole nitrogens is 1. The van der Waals surface area contributed by atoms with Crippen LogP contribution in [0.1, 0.15) is 78.6 Å². The van der Waals surface area contributed by atoms with E-state index >= 15 is 0 Å². The fraction of sp³-hybridized carbons (Fsp3) is 0.591.